The summed E-state index contributed by atoms with van der Waals surface area (Å²) in [7, 11) is 1.51. The first-order valence-corrected chi connectivity index (χ1v) is 10.2. The van der Waals surface area contributed by atoms with Gasteiger partial charge in [0, 0.05) is 28.7 Å². The van der Waals surface area contributed by atoms with Gasteiger partial charge in [-0.05, 0) is 58.7 Å². The minimum atomic E-state index is -0.721. The van der Waals surface area contributed by atoms with E-state index in [4.69, 9.17) is 39.5 Å². The Labute approximate surface area is 187 Å². The smallest absolute Gasteiger partial charge is 0.261 e. The fourth-order valence-corrected chi connectivity index (χ4v) is 3.71. The molecule has 1 atom stereocenters. The summed E-state index contributed by atoms with van der Waals surface area (Å²) in [6.07, 6.45) is 0. The first-order valence-electron chi connectivity index (χ1n) is 8.25. The molecule has 1 unspecified atom stereocenters. The maximum absolute atomic E-state index is 12.8. The van der Waals surface area contributed by atoms with Gasteiger partial charge in [-0.1, -0.05) is 40.9 Å². The zero-order chi connectivity index (χ0) is 20.8. The monoisotopic (exact) mass is 506 g/mol. The molecular formula is C19H18BrCl3N2O3. The molecule has 150 valence electrons. The molecule has 9 heteroatoms. The SMILES string of the molecule is CNC(=O)C(C)N(Cc1ccc(Cl)cc1Cl)C(=O)COc1ccc(Cl)cc1Br. The van der Waals surface area contributed by atoms with Crippen LogP contribution in [0.15, 0.2) is 40.9 Å². The van der Waals surface area contributed by atoms with E-state index in [0.29, 0.717) is 30.9 Å². The molecule has 0 saturated heterocycles. The van der Waals surface area contributed by atoms with E-state index in [-0.39, 0.29) is 25.0 Å². The van der Waals surface area contributed by atoms with Crippen LogP contribution < -0.4 is 10.1 Å². The topological polar surface area (TPSA) is 58.6 Å². The summed E-state index contributed by atoms with van der Waals surface area (Å²) < 4.78 is 6.23. The molecule has 1 N–H and O–H groups in total. The van der Waals surface area contributed by atoms with Gasteiger partial charge in [0.05, 0.1) is 4.47 Å². The number of halogens is 4. The second-order valence-corrected chi connectivity index (χ2v) is 8.05. The van der Waals surface area contributed by atoms with E-state index < -0.39 is 6.04 Å². The lowest BCUT2D eigenvalue weighted by Gasteiger charge is -2.28. The number of carbonyl (C=O) groups excluding carboxylic acids is 2. The first kappa shape index (κ1) is 22.8. The van der Waals surface area contributed by atoms with Gasteiger partial charge in [-0.15, -0.1) is 0 Å². The molecule has 0 aliphatic carbocycles. The number of hydrogen-bond donors (Lipinski definition) is 1. The normalized spacial score (nSPS) is 11.6. The number of nitrogens with one attached hydrogen (secondary N) is 1. The zero-order valence-electron chi connectivity index (χ0n) is 15.1. The van der Waals surface area contributed by atoms with Gasteiger partial charge in [0.1, 0.15) is 11.8 Å². The summed E-state index contributed by atoms with van der Waals surface area (Å²) in [4.78, 5) is 26.4. The Balaban J connectivity index is 2.19. The maximum Gasteiger partial charge on any atom is 0.261 e. The fraction of sp³-hybridized carbons (Fsp3) is 0.263. The van der Waals surface area contributed by atoms with Crippen LogP contribution in [-0.4, -0.2) is 36.4 Å². The molecule has 28 heavy (non-hydrogen) atoms. The predicted molar refractivity (Wildman–Crippen MR) is 115 cm³/mol. The number of benzene rings is 2. The lowest BCUT2D eigenvalue weighted by molar-refractivity contribution is -0.142. The average molecular weight is 509 g/mol. The van der Waals surface area contributed by atoms with Crippen molar-refractivity contribution in [3.05, 3.63) is 61.5 Å². The van der Waals surface area contributed by atoms with Gasteiger partial charge >= 0.3 is 0 Å². The second kappa shape index (κ2) is 10.3. The third-order valence-electron chi connectivity index (χ3n) is 4.01. The van der Waals surface area contributed by atoms with Gasteiger partial charge in [0.25, 0.3) is 5.91 Å². The Morgan fingerprint density at radius 2 is 1.79 bits per heavy atom. The second-order valence-electron chi connectivity index (χ2n) is 5.91. The molecule has 0 aromatic heterocycles. The van der Waals surface area contributed by atoms with E-state index >= 15 is 0 Å². The molecule has 0 fully saturated rings. The molecule has 0 aliphatic rings. The number of nitrogens with zero attached hydrogens (tertiary/aromatic N) is 1. The summed E-state index contributed by atoms with van der Waals surface area (Å²) in [5.41, 5.74) is 0.669. The van der Waals surface area contributed by atoms with Crippen molar-refractivity contribution in [3.8, 4) is 5.75 Å². The lowest BCUT2D eigenvalue weighted by atomic mass is 10.1. The highest BCUT2D eigenvalue weighted by Gasteiger charge is 2.26. The molecule has 2 rings (SSSR count). The van der Waals surface area contributed by atoms with Crippen molar-refractivity contribution in [2.45, 2.75) is 19.5 Å². The van der Waals surface area contributed by atoms with E-state index in [1.807, 2.05) is 0 Å². The maximum atomic E-state index is 12.8. The number of hydrogen-bond acceptors (Lipinski definition) is 3. The Kier molecular flexibility index (Phi) is 8.43. The van der Waals surface area contributed by atoms with Crippen molar-refractivity contribution < 1.29 is 14.3 Å². The van der Waals surface area contributed by atoms with E-state index in [1.165, 1.54) is 11.9 Å². The van der Waals surface area contributed by atoms with Crippen LogP contribution in [0.1, 0.15) is 12.5 Å². The standard InChI is InChI=1S/C19H18BrCl3N2O3/c1-11(19(27)24-2)25(9-12-3-4-14(22)8-16(12)23)18(26)10-28-17-6-5-13(21)7-15(17)20/h3-8,11H,9-10H2,1-2H3,(H,24,27). The van der Waals surface area contributed by atoms with Gasteiger partial charge in [0.15, 0.2) is 6.61 Å². The molecule has 5 nitrogen and oxygen atoms in total. The minimum absolute atomic E-state index is 0.134. The van der Waals surface area contributed by atoms with Gasteiger partial charge < -0.3 is 15.0 Å². The quantitative estimate of drug-likeness (QED) is 0.576. The molecule has 2 aromatic rings. The van der Waals surface area contributed by atoms with E-state index in [1.54, 1.807) is 43.3 Å². The summed E-state index contributed by atoms with van der Waals surface area (Å²) in [5, 5.41) is 3.99. The molecule has 0 saturated carbocycles. The molecule has 0 bridgehead atoms. The zero-order valence-corrected chi connectivity index (χ0v) is 19.0. The largest absolute Gasteiger partial charge is 0.483 e. The van der Waals surface area contributed by atoms with Crippen LogP contribution in [0.25, 0.3) is 0 Å². The summed E-state index contributed by atoms with van der Waals surface area (Å²) >= 11 is 21.4. The highest BCUT2D eigenvalue weighted by Crippen LogP contribution is 2.28. The highest BCUT2D eigenvalue weighted by atomic mass is 79.9. The van der Waals surface area contributed by atoms with Crippen LogP contribution in [0.2, 0.25) is 15.1 Å². The number of rotatable bonds is 7. The first-order chi connectivity index (χ1) is 13.2. The number of amides is 2. The third-order valence-corrected chi connectivity index (χ3v) is 5.46. The molecule has 0 radical (unpaired) electrons. The van der Waals surface area contributed by atoms with E-state index in [2.05, 4.69) is 21.2 Å². The summed E-state index contributed by atoms with van der Waals surface area (Å²) in [6.45, 7) is 1.51. The van der Waals surface area contributed by atoms with E-state index in [0.717, 1.165) is 0 Å². The van der Waals surface area contributed by atoms with Gasteiger partial charge in [-0.3, -0.25) is 9.59 Å². The van der Waals surface area contributed by atoms with Crippen LogP contribution in [0, 0.1) is 0 Å². The van der Waals surface area contributed by atoms with Crippen molar-refractivity contribution in [2.75, 3.05) is 13.7 Å². The van der Waals surface area contributed by atoms with Crippen molar-refractivity contribution >= 4 is 62.5 Å². The molecule has 0 heterocycles. The van der Waals surface area contributed by atoms with Crippen LogP contribution >= 0.6 is 50.7 Å². The van der Waals surface area contributed by atoms with E-state index in [9.17, 15) is 9.59 Å². The Hall–Kier alpha value is -1.47. The summed E-state index contributed by atoms with van der Waals surface area (Å²) in [6, 6.07) is 9.25. The molecule has 2 amide bonds. The van der Waals surface area contributed by atoms with Crippen molar-refractivity contribution in [1.29, 1.82) is 0 Å². The van der Waals surface area contributed by atoms with Crippen molar-refractivity contribution in [2.24, 2.45) is 0 Å². The number of carbonyl (C=O) groups is 2. The Bertz CT molecular complexity index is 879. The van der Waals surface area contributed by atoms with Crippen molar-refractivity contribution in [3.63, 3.8) is 0 Å². The Morgan fingerprint density at radius 1 is 1.14 bits per heavy atom. The molecule has 0 spiro atoms. The average Bonchev–Trinajstić information content (AvgIpc) is 2.65. The van der Waals surface area contributed by atoms with Gasteiger partial charge in [-0.25, -0.2) is 0 Å². The van der Waals surface area contributed by atoms with Crippen molar-refractivity contribution in [1.82, 2.24) is 10.2 Å². The molecular weight excluding hydrogens is 490 g/mol. The third kappa shape index (κ3) is 6.01. The summed E-state index contributed by atoms with van der Waals surface area (Å²) in [5.74, 6) is -0.204. The minimum Gasteiger partial charge on any atom is -0.483 e. The van der Waals surface area contributed by atoms with Gasteiger partial charge in [0.2, 0.25) is 5.91 Å². The number of likely N-dealkylation sites (N-methyl/N-ethyl adjacent to an activating group) is 1. The Morgan fingerprint density at radius 3 is 2.39 bits per heavy atom. The molecule has 0 aliphatic heterocycles. The van der Waals surface area contributed by atoms with Crippen LogP contribution in [-0.2, 0) is 16.1 Å². The molecule has 2 aromatic carbocycles. The number of ether oxygens (including phenoxy) is 1. The van der Waals surface area contributed by atoms with Crippen LogP contribution in [0.3, 0.4) is 0 Å². The highest BCUT2D eigenvalue weighted by molar-refractivity contribution is 9.10. The lowest BCUT2D eigenvalue weighted by Crippen LogP contribution is -2.48. The van der Waals surface area contributed by atoms with Gasteiger partial charge in [-0.2, -0.15) is 0 Å². The fourth-order valence-electron chi connectivity index (χ4n) is 2.44. The van der Waals surface area contributed by atoms with Crippen LogP contribution in [0.4, 0.5) is 0 Å². The van der Waals surface area contributed by atoms with Crippen LogP contribution in [0.5, 0.6) is 5.75 Å². The predicted octanol–water partition coefficient (Wildman–Crippen LogP) is 4.95.